The lowest BCUT2D eigenvalue weighted by atomic mass is 9.90. The Kier molecular flexibility index (Phi) is 4.57. The van der Waals surface area contributed by atoms with Crippen LogP contribution < -0.4 is 0 Å². The highest BCUT2D eigenvalue weighted by Crippen LogP contribution is 2.30. The molecule has 20 heavy (non-hydrogen) atoms. The van der Waals surface area contributed by atoms with E-state index < -0.39 is 0 Å². The third kappa shape index (κ3) is 2.75. The highest BCUT2D eigenvalue weighted by atomic mass is 14.1. The van der Waals surface area contributed by atoms with Gasteiger partial charge in [0, 0.05) is 2.85 Å². The summed E-state index contributed by atoms with van der Waals surface area (Å²) in [4.78, 5) is 0. The molecule has 0 aliphatic rings. The minimum Gasteiger partial charge on any atom is -0.103 e. The Labute approximate surface area is 125 Å². The Hall–Kier alpha value is -2.08. The average Bonchev–Trinajstić information content (AvgIpc) is 2.44. The number of allylic oxidation sites excluding steroid dienone is 2. The van der Waals surface area contributed by atoms with Crippen LogP contribution in [0.15, 0.2) is 61.7 Å². The van der Waals surface area contributed by atoms with Gasteiger partial charge < -0.3 is 0 Å². The highest BCUT2D eigenvalue weighted by molar-refractivity contribution is 5.72. The van der Waals surface area contributed by atoms with Crippen LogP contribution in [0.5, 0.6) is 0 Å². The molecule has 0 heterocycles. The topological polar surface area (TPSA) is 0 Å². The van der Waals surface area contributed by atoms with E-state index in [2.05, 4.69) is 63.4 Å². The Bertz CT molecular complexity index is 585. The van der Waals surface area contributed by atoms with Gasteiger partial charge in [-0.2, -0.15) is 0 Å². The van der Waals surface area contributed by atoms with Crippen molar-refractivity contribution in [3.05, 3.63) is 84.0 Å². The zero-order chi connectivity index (χ0) is 14.5. The second-order valence-corrected chi connectivity index (χ2v) is 5.16. The van der Waals surface area contributed by atoms with Crippen molar-refractivity contribution in [3.8, 4) is 11.1 Å². The van der Waals surface area contributed by atoms with Crippen LogP contribution in [0.2, 0.25) is 0 Å². The molecule has 0 amide bonds. The molecular weight excluding hydrogens is 240 g/mol. The van der Waals surface area contributed by atoms with Crippen molar-refractivity contribution in [1.82, 2.24) is 0 Å². The van der Waals surface area contributed by atoms with E-state index in [4.69, 9.17) is 0 Å². The summed E-state index contributed by atoms with van der Waals surface area (Å²) in [6.07, 6.45) is 5.77. The summed E-state index contributed by atoms with van der Waals surface area (Å²) < 4.78 is 0. The molecule has 0 spiro atoms. The summed E-state index contributed by atoms with van der Waals surface area (Å²) in [6, 6.07) is 13.1. The predicted octanol–water partition coefficient (Wildman–Crippen LogP) is 5.92. The van der Waals surface area contributed by atoms with E-state index in [-0.39, 0.29) is 2.85 Å². The van der Waals surface area contributed by atoms with Crippen LogP contribution in [-0.4, -0.2) is 0 Å². The monoisotopic (exact) mass is 266 g/mol. The number of hydrogen-bond donors (Lipinski definition) is 0. The van der Waals surface area contributed by atoms with E-state index in [9.17, 15) is 0 Å². The summed E-state index contributed by atoms with van der Waals surface area (Å²) in [5.74, 6) is 0. The maximum Gasteiger partial charge on any atom is 0 e. The maximum absolute atomic E-state index is 3.84. The second kappa shape index (κ2) is 6.38. The van der Waals surface area contributed by atoms with Crippen LogP contribution in [-0.2, 0) is 12.8 Å². The van der Waals surface area contributed by atoms with Crippen molar-refractivity contribution in [1.29, 1.82) is 0 Å². The molecule has 2 aromatic rings. The number of benzene rings is 2. The van der Waals surface area contributed by atoms with Crippen LogP contribution >= 0.6 is 0 Å². The minimum absolute atomic E-state index is 0. The first-order valence-corrected chi connectivity index (χ1v) is 7.08. The first kappa shape index (κ1) is 14.3. The van der Waals surface area contributed by atoms with Gasteiger partial charge in [-0.05, 0) is 60.1 Å². The molecule has 0 aromatic heterocycles. The third-order valence-electron chi connectivity index (χ3n) is 3.91. The molecular formula is C20H26. The largest absolute Gasteiger partial charge is 0.103 e. The van der Waals surface area contributed by atoms with Gasteiger partial charge in [0.15, 0.2) is 0 Å². The molecule has 106 valence electrons. The zero-order valence-electron chi connectivity index (χ0n) is 12.4. The van der Waals surface area contributed by atoms with Gasteiger partial charge in [-0.3, -0.25) is 0 Å². The number of rotatable bonds is 5. The molecule has 0 nitrogen and oxygen atoms in total. The molecule has 0 aliphatic carbocycles. The van der Waals surface area contributed by atoms with Crippen LogP contribution in [0.25, 0.3) is 11.1 Å². The molecule has 0 bridgehead atoms. The molecule has 0 saturated heterocycles. The first-order chi connectivity index (χ1) is 9.69. The van der Waals surface area contributed by atoms with Gasteiger partial charge in [0.1, 0.15) is 0 Å². The van der Waals surface area contributed by atoms with E-state index in [1.165, 1.54) is 33.4 Å². The maximum atomic E-state index is 3.84. The highest BCUT2D eigenvalue weighted by Gasteiger charge is 2.09. The van der Waals surface area contributed by atoms with E-state index >= 15 is 0 Å². The second-order valence-electron chi connectivity index (χ2n) is 5.16. The molecule has 0 fully saturated rings. The molecule has 2 rings (SSSR count). The van der Waals surface area contributed by atoms with Crippen molar-refractivity contribution in [2.75, 3.05) is 0 Å². The van der Waals surface area contributed by atoms with E-state index in [1.54, 1.807) is 0 Å². The normalized spacial score (nSPS) is 10.3. The van der Waals surface area contributed by atoms with Gasteiger partial charge >= 0.3 is 0 Å². The van der Waals surface area contributed by atoms with Crippen molar-refractivity contribution in [3.63, 3.8) is 0 Å². The predicted molar refractivity (Wildman–Crippen MR) is 93.4 cm³/mol. The van der Waals surface area contributed by atoms with Crippen LogP contribution in [0, 0.1) is 13.8 Å². The van der Waals surface area contributed by atoms with E-state index in [0.29, 0.717) is 0 Å². The SMILES string of the molecule is C=CCc1cccc(-c2cccc(CC=C)c2C)c1C.[HH].[HH]. The molecule has 0 unspecified atom stereocenters. The summed E-state index contributed by atoms with van der Waals surface area (Å²) in [6.45, 7) is 12.1. The van der Waals surface area contributed by atoms with Gasteiger partial charge in [0.2, 0.25) is 0 Å². The van der Waals surface area contributed by atoms with E-state index in [0.717, 1.165) is 12.8 Å². The first-order valence-electron chi connectivity index (χ1n) is 7.08. The Balaban J connectivity index is 0.00000220. The summed E-state index contributed by atoms with van der Waals surface area (Å²) in [5, 5.41) is 0. The summed E-state index contributed by atoms with van der Waals surface area (Å²) >= 11 is 0. The summed E-state index contributed by atoms with van der Waals surface area (Å²) in [7, 11) is 0. The summed E-state index contributed by atoms with van der Waals surface area (Å²) in [5.41, 5.74) is 8.06. The van der Waals surface area contributed by atoms with Gasteiger partial charge in [-0.1, -0.05) is 48.6 Å². The molecule has 0 N–H and O–H groups in total. The molecule has 0 aliphatic heterocycles. The standard InChI is InChI=1S/C20H22.2H2/c1-5-9-17-11-7-13-19(15(17)3)20-14-8-12-18(10-6-2)16(20)4;;/h5-8,11-14H,1-2,9-10H2,3-4H3;2*1H. The number of hydrogen-bond acceptors (Lipinski definition) is 0. The van der Waals surface area contributed by atoms with Crippen molar-refractivity contribution in [2.45, 2.75) is 26.7 Å². The van der Waals surface area contributed by atoms with Gasteiger partial charge in [0.05, 0.1) is 0 Å². The zero-order valence-corrected chi connectivity index (χ0v) is 12.4. The molecule has 0 atom stereocenters. The van der Waals surface area contributed by atoms with Crippen LogP contribution in [0.3, 0.4) is 0 Å². The molecule has 2 aromatic carbocycles. The lowest BCUT2D eigenvalue weighted by Gasteiger charge is -2.15. The fraction of sp³-hybridized carbons (Fsp3) is 0.200. The lowest BCUT2D eigenvalue weighted by Crippen LogP contribution is -1.95. The Morgan fingerprint density at radius 3 is 1.55 bits per heavy atom. The van der Waals surface area contributed by atoms with Gasteiger partial charge in [0.25, 0.3) is 0 Å². The quantitative estimate of drug-likeness (QED) is 0.589. The third-order valence-corrected chi connectivity index (χ3v) is 3.91. The fourth-order valence-electron chi connectivity index (χ4n) is 2.70. The van der Waals surface area contributed by atoms with Crippen molar-refractivity contribution in [2.24, 2.45) is 0 Å². The van der Waals surface area contributed by atoms with Crippen molar-refractivity contribution < 1.29 is 2.85 Å². The fourth-order valence-corrected chi connectivity index (χ4v) is 2.70. The lowest BCUT2D eigenvalue weighted by molar-refractivity contribution is 1.20. The molecule has 0 heteroatoms. The van der Waals surface area contributed by atoms with E-state index in [1.807, 2.05) is 12.2 Å². The van der Waals surface area contributed by atoms with Crippen LogP contribution in [0.4, 0.5) is 0 Å². The van der Waals surface area contributed by atoms with Gasteiger partial charge in [-0.25, -0.2) is 0 Å². The average molecular weight is 266 g/mol. The smallest absolute Gasteiger partial charge is 0 e. The van der Waals surface area contributed by atoms with Crippen molar-refractivity contribution >= 4 is 0 Å². The molecule has 0 radical (unpaired) electrons. The Morgan fingerprint density at radius 1 is 0.800 bits per heavy atom. The Morgan fingerprint density at radius 2 is 1.20 bits per heavy atom. The van der Waals surface area contributed by atoms with Crippen LogP contribution in [0.1, 0.15) is 25.1 Å². The van der Waals surface area contributed by atoms with Gasteiger partial charge in [-0.15, -0.1) is 13.2 Å². The minimum atomic E-state index is 0. The molecule has 0 saturated carbocycles.